The highest BCUT2D eigenvalue weighted by molar-refractivity contribution is 5.91. The van der Waals surface area contributed by atoms with E-state index in [-0.39, 0.29) is 12.9 Å². The van der Waals surface area contributed by atoms with Crippen LogP contribution in [0.3, 0.4) is 0 Å². The second-order valence-corrected chi connectivity index (χ2v) is 7.40. The van der Waals surface area contributed by atoms with E-state index in [2.05, 4.69) is 0 Å². The van der Waals surface area contributed by atoms with Crippen molar-refractivity contribution >= 4 is 11.8 Å². The molecule has 1 amide bonds. The van der Waals surface area contributed by atoms with Crippen molar-refractivity contribution in [2.75, 3.05) is 18.1 Å². The van der Waals surface area contributed by atoms with Gasteiger partial charge in [0, 0.05) is 18.4 Å². The monoisotopic (exact) mass is 403 g/mol. The molecule has 2 aromatic carbocycles. The van der Waals surface area contributed by atoms with E-state index in [0.717, 1.165) is 30.9 Å². The van der Waals surface area contributed by atoms with Gasteiger partial charge in [0.25, 0.3) is 0 Å². The second-order valence-electron chi connectivity index (χ2n) is 7.40. The molecule has 0 N–H and O–H groups in total. The molecule has 0 aliphatic carbocycles. The van der Waals surface area contributed by atoms with Crippen LogP contribution in [0.5, 0.6) is 0 Å². The number of anilines is 1. The van der Waals surface area contributed by atoms with Gasteiger partial charge in [-0.15, -0.1) is 0 Å². The van der Waals surface area contributed by atoms with E-state index < -0.39 is 29.9 Å². The van der Waals surface area contributed by atoms with Gasteiger partial charge in [-0.2, -0.15) is 0 Å². The van der Waals surface area contributed by atoms with E-state index in [1.54, 1.807) is 12.1 Å². The van der Waals surface area contributed by atoms with Crippen LogP contribution in [0, 0.1) is 18.6 Å². The molecule has 0 saturated carbocycles. The summed E-state index contributed by atoms with van der Waals surface area (Å²) >= 11 is 0. The summed E-state index contributed by atoms with van der Waals surface area (Å²) in [6.07, 6.45) is 1.09. The van der Waals surface area contributed by atoms with Crippen molar-refractivity contribution in [2.24, 2.45) is 0 Å². The summed E-state index contributed by atoms with van der Waals surface area (Å²) < 4.78 is 44.8. The molecule has 4 rings (SSSR count). The number of aryl methyl sites for hydroxylation is 1. The molecule has 3 atom stereocenters. The fourth-order valence-corrected chi connectivity index (χ4v) is 3.78. The quantitative estimate of drug-likeness (QED) is 0.714. The summed E-state index contributed by atoms with van der Waals surface area (Å²) in [7, 11) is 0. The molecule has 2 saturated heterocycles. The number of carbonyl (C=O) groups is 1. The molecule has 2 heterocycles. The normalized spacial score (nSPS) is 24.6. The molecule has 7 heteroatoms. The molecular formula is C22H23F2NO4. The van der Waals surface area contributed by atoms with E-state index >= 15 is 0 Å². The zero-order valence-electron chi connectivity index (χ0n) is 16.1. The Morgan fingerprint density at radius 1 is 1.10 bits per heavy atom. The highest BCUT2D eigenvalue weighted by Crippen LogP contribution is 2.38. The minimum absolute atomic E-state index is 0.0710. The van der Waals surface area contributed by atoms with Crippen LogP contribution in [-0.4, -0.2) is 31.7 Å². The van der Waals surface area contributed by atoms with Crippen molar-refractivity contribution < 1.29 is 27.8 Å². The van der Waals surface area contributed by atoms with E-state index in [0.29, 0.717) is 17.9 Å². The summed E-state index contributed by atoms with van der Waals surface area (Å²) in [5.41, 5.74) is 1.93. The molecule has 154 valence electrons. The molecule has 2 aromatic rings. The van der Waals surface area contributed by atoms with Gasteiger partial charge in [-0.05, 0) is 56.0 Å². The van der Waals surface area contributed by atoms with Gasteiger partial charge >= 0.3 is 6.09 Å². The Balaban J connectivity index is 1.64. The van der Waals surface area contributed by atoms with Gasteiger partial charge in [-0.3, -0.25) is 4.90 Å². The molecule has 5 nitrogen and oxygen atoms in total. The van der Waals surface area contributed by atoms with Crippen LogP contribution >= 0.6 is 0 Å². The number of halogens is 2. The number of hydrogen-bond donors (Lipinski definition) is 0. The average Bonchev–Trinajstić information content (AvgIpc) is 3.03. The maximum absolute atomic E-state index is 13.9. The predicted molar refractivity (Wildman–Crippen MR) is 103 cm³/mol. The number of cyclic esters (lactones) is 1. The van der Waals surface area contributed by atoms with E-state index in [1.165, 1.54) is 17.0 Å². The minimum atomic E-state index is -0.726. The number of ether oxygens (including phenoxy) is 3. The minimum Gasteiger partial charge on any atom is -0.441 e. The first-order valence-electron chi connectivity index (χ1n) is 9.77. The lowest BCUT2D eigenvalue weighted by atomic mass is 10.00. The fraction of sp³-hybridized carbons (Fsp3) is 0.409. The second kappa shape index (κ2) is 8.47. The van der Waals surface area contributed by atoms with Gasteiger partial charge < -0.3 is 14.2 Å². The Bertz CT molecular complexity index is 847. The number of benzene rings is 2. The van der Waals surface area contributed by atoms with Crippen LogP contribution in [0.2, 0.25) is 0 Å². The molecule has 0 bridgehead atoms. The SMILES string of the molecule is Cc1ccc(N2C(=O)O[C@@H](COC3CCCCO3)C2c2cc(F)cc(F)c2)cc1. The molecule has 29 heavy (non-hydrogen) atoms. The molecule has 2 fully saturated rings. The van der Waals surface area contributed by atoms with Gasteiger partial charge in [0.2, 0.25) is 0 Å². The molecule has 0 spiro atoms. The van der Waals surface area contributed by atoms with Gasteiger partial charge in [0.05, 0.1) is 6.61 Å². The Hall–Kier alpha value is -2.51. The smallest absolute Gasteiger partial charge is 0.415 e. The lowest BCUT2D eigenvalue weighted by molar-refractivity contribution is -0.174. The zero-order chi connectivity index (χ0) is 20.4. The maximum atomic E-state index is 13.9. The van der Waals surface area contributed by atoms with E-state index in [1.807, 2.05) is 19.1 Å². The molecule has 0 radical (unpaired) electrons. The third kappa shape index (κ3) is 4.41. The van der Waals surface area contributed by atoms with Gasteiger partial charge in [0.1, 0.15) is 17.7 Å². The van der Waals surface area contributed by atoms with E-state index in [4.69, 9.17) is 14.2 Å². The Morgan fingerprint density at radius 3 is 2.48 bits per heavy atom. The summed E-state index contributed by atoms with van der Waals surface area (Å²) in [6, 6.07) is 9.83. The lowest BCUT2D eigenvalue weighted by Gasteiger charge is -2.27. The molecule has 0 aromatic heterocycles. The Morgan fingerprint density at radius 2 is 1.83 bits per heavy atom. The molecule has 2 aliphatic heterocycles. The molecule has 2 unspecified atom stereocenters. The predicted octanol–water partition coefficient (Wildman–Crippen LogP) is 4.88. The third-order valence-electron chi connectivity index (χ3n) is 5.20. The van der Waals surface area contributed by atoms with E-state index in [9.17, 15) is 13.6 Å². The van der Waals surface area contributed by atoms with Crippen molar-refractivity contribution in [2.45, 2.75) is 44.6 Å². The maximum Gasteiger partial charge on any atom is 0.415 e. The van der Waals surface area contributed by atoms with Gasteiger partial charge in [-0.1, -0.05) is 17.7 Å². The van der Waals surface area contributed by atoms with Crippen molar-refractivity contribution in [1.29, 1.82) is 0 Å². The van der Waals surface area contributed by atoms with Crippen LogP contribution in [-0.2, 0) is 14.2 Å². The third-order valence-corrected chi connectivity index (χ3v) is 5.20. The van der Waals surface area contributed by atoms with Crippen LogP contribution in [0.25, 0.3) is 0 Å². The van der Waals surface area contributed by atoms with Crippen molar-refractivity contribution in [1.82, 2.24) is 0 Å². The topological polar surface area (TPSA) is 48.0 Å². The first-order chi connectivity index (χ1) is 14.0. The summed E-state index contributed by atoms with van der Waals surface area (Å²) in [4.78, 5) is 14.1. The zero-order valence-corrected chi connectivity index (χ0v) is 16.1. The number of hydrogen-bond acceptors (Lipinski definition) is 4. The lowest BCUT2D eigenvalue weighted by Crippen LogP contribution is -2.33. The van der Waals surface area contributed by atoms with Crippen molar-refractivity contribution in [3.05, 3.63) is 65.2 Å². The molecule has 2 aliphatic rings. The summed E-state index contributed by atoms with van der Waals surface area (Å²) in [6.45, 7) is 2.64. The van der Waals surface area contributed by atoms with Crippen molar-refractivity contribution in [3.8, 4) is 0 Å². The first kappa shape index (κ1) is 19.8. The number of amides is 1. The van der Waals surface area contributed by atoms with Crippen LogP contribution in [0.15, 0.2) is 42.5 Å². The van der Waals surface area contributed by atoms with Crippen molar-refractivity contribution in [3.63, 3.8) is 0 Å². The largest absolute Gasteiger partial charge is 0.441 e. The number of carbonyl (C=O) groups excluding carboxylic acids is 1. The van der Waals surface area contributed by atoms with Gasteiger partial charge in [0.15, 0.2) is 12.4 Å². The highest BCUT2D eigenvalue weighted by Gasteiger charge is 2.44. The standard InChI is InChI=1S/C22H23F2NO4/c1-14-5-7-18(8-6-14)25-21(15-10-16(23)12-17(24)11-15)19(29-22(25)26)13-28-20-4-2-3-9-27-20/h5-8,10-12,19-21H,2-4,9,13H2,1H3/t19-,20?,21?/m0/s1. The summed E-state index contributed by atoms with van der Waals surface area (Å²) in [5, 5.41) is 0. The Labute approximate surface area is 168 Å². The number of rotatable bonds is 5. The Kier molecular flexibility index (Phi) is 5.78. The summed E-state index contributed by atoms with van der Waals surface area (Å²) in [5.74, 6) is -1.42. The number of nitrogens with zero attached hydrogens (tertiary/aromatic N) is 1. The molecular weight excluding hydrogens is 380 g/mol. The van der Waals surface area contributed by atoms with Crippen LogP contribution in [0.1, 0.15) is 36.4 Å². The fourth-order valence-electron chi connectivity index (χ4n) is 3.78. The average molecular weight is 403 g/mol. The highest BCUT2D eigenvalue weighted by atomic mass is 19.1. The van der Waals surface area contributed by atoms with Crippen LogP contribution in [0.4, 0.5) is 19.3 Å². The van der Waals surface area contributed by atoms with Crippen LogP contribution < -0.4 is 4.90 Å². The van der Waals surface area contributed by atoms with Gasteiger partial charge in [-0.25, -0.2) is 13.6 Å². The first-order valence-corrected chi connectivity index (χ1v) is 9.77.